The molecule has 1 aromatic heterocycles. The summed E-state index contributed by atoms with van der Waals surface area (Å²) >= 11 is 2.12. The highest BCUT2D eigenvalue weighted by atomic mass is 127. The van der Waals surface area contributed by atoms with Gasteiger partial charge in [0, 0.05) is 11.9 Å². The molecule has 5 heteroatoms. The number of halogens is 2. The molecule has 3 nitrogen and oxygen atoms in total. The van der Waals surface area contributed by atoms with Crippen LogP contribution in [0.2, 0.25) is 0 Å². The molecule has 0 aliphatic carbocycles. The van der Waals surface area contributed by atoms with Gasteiger partial charge in [-0.05, 0) is 40.8 Å². The van der Waals surface area contributed by atoms with Gasteiger partial charge < -0.3 is 5.73 Å². The number of anilines is 1. The highest BCUT2D eigenvalue weighted by Gasteiger charge is 2.05. The van der Waals surface area contributed by atoms with Crippen LogP contribution in [-0.4, -0.2) is 9.78 Å². The van der Waals surface area contributed by atoms with Crippen molar-refractivity contribution in [2.75, 3.05) is 5.73 Å². The van der Waals surface area contributed by atoms with E-state index in [2.05, 4.69) is 27.7 Å². The fraction of sp³-hybridized carbons (Fsp3) is 0. The zero-order valence-corrected chi connectivity index (χ0v) is 9.27. The van der Waals surface area contributed by atoms with Crippen LogP contribution in [0.15, 0.2) is 30.6 Å². The van der Waals surface area contributed by atoms with E-state index in [9.17, 15) is 4.39 Å². The molecular formula is C9H7FIN3. The first-order valence-electron chi connectivity index (χ1n) is 3.92. The Hall–Kier alpha value is -1.11. The monoisotopic (exact) mass is 303 g/mol. The van der Waals surface area contributed by atoms with Crippen molar-refractivity contribution in [2.24, 2.45) is 0 Å². The van der Waals surface area contributed by atoms with Crippen molar-refractivity contribution in [1.29, 1.82) is 0 Å². The third kappa shape index (κ3) is 1.72. The lowest BCUT2D eigenvalue weighted by molar-refractivity contribution is 0.611. The summed E-state index contributed by atoms with van der Waals surface area (Å²) in [6, 6.07) is 4.53. The van der Waals surface area contributed by atoms with E-state index in [-0.39, 0.29) is 5.82 Å². The molecule has 14 heavy (non-hydrogen) atoms. The van der Waals surface area contributed by atoms with Crippen molar-refractivity contribution in [2.45, 2.75) is 0 Å². The Bertz CT molecular complexity index is 467. The fourth-order valence-electron chi connectivity index (χ4n) is 1.14. The average molecular weight is 303 g/mol. The van der Waals surface area contributed by atoms with Gasteiger partial charge in [0.1, 0.15) is 5.69 Å². The smallest absolute Gasteiger partial charge is 0.150 e. The van der Waals surface area contributed by atoms with Crippen LogP contribution < -0.4 is 5.73 Å². The summed E-state index contributed by atoms with van der Waals surface area (Å²) in [6.45, 7) is 0. The van der Waals surface area contributed by atoms with E-state index in [4.69, 9.17) is 5.73 Å². The normalized spacial score (nSPS) is 10.4. The van der Waals surface area contributed by atoms with Crippen LogP contribution in [0.3, 0.4) is 0 Å². The van der Waals surface area contributed by atoms with Crippen LogP contribution in [0, 0.1) is 9.39 Å². The van der Waals surface area contributed by atoms with E-state index in [1.165, 1.54) is 10.7 Å². The Morgan fingerprint density at radius 3 is 2.79 bits per heavy atom. The van der Waals surface area contributed by atoms with Crippen LogP contribution in [0.1, 0.15) is 0 Å². The molecule has 1 aromatic carbocycles. The minimum atomic E-state index is -0.371. The molecule has 2 N–H and O–H groups in total. The van der Waals surface area contributed by atoms with Gasteiger partial charge >= 0.3 is 0 Å². The van der Waals surface area contributed by atoms with Crippen molar-refractivity contribution < 1.29 is 4.39 Å². The van der Waals surface area contributed by atoms with Crippen molar-refractivity contribution in [3.63, 3.8) is 0 Å². The minimum Gasteiger partial charge on any atom is -0.399 e. The summed E-state index contributed by atoms with van der Waals surface area (Å²) in [6.07, 6.45) is 3.41. The van der Waals surface area contributed by atoms with Gasteiger partial charge in [-0.25, -0.2) is 9.07 Å². The quantitative estimate of drug-likeness (QED) is 0.648. The largest absolute Gasteiger partial charge is 0.399 e. The Morgan fingerprint density at radius 2 is 2.21 bits per heavy atom. The number of aromatic nitrogens is 2. The van der Waals surface area contributed by atoms with Gasteiger partial charge in [-0.15, -0.1) is 0 Å². The van der Waals surface area contributed by atoms with Crippen molar-refractivity contribution in [3.8, 4) is 5.69 Å². The van der Waals surface area contributed by atoms with Crippen LogP contribution in [-0.2, 0) is 0 Å². The molecular weight excluding hydrogens is 296 g/mol. The third-order valence-corrected chi connectivity index (χ3v) is 2.33. The second-order valence-corrected chi connectivity index (χ2v) is 4.06. The molecule has 0 unspecified atom stereocenters. The van der Waals surface area contributed by atoms with E-state index < -0.39 is 0 Å². The highest BCUT2D eigenvalue weighted by Crippen LogP contribution is 2.16. The predicted molar refractivity (Wildman–Crippen MR) is 60.7 cm³/mol. The van der Waals surface area contributed by atoms with Crippen molar-refractivity contribution in [3.05, 3.63) is 40.0 Å². The zero-order valence-electron chi connectivity index (χ0n) is 7.11. The van der Waals surface area contributed by atoms with Gasteiger partial charge in [0.05, 0.1) is 9.77 Å². The molecule has 0 aliphatic heterocycles. The van der Waals surface area contributed by atoms with E-state index in [0.717, 1.165) is 3.57 Å². The van der Waals surface area contributed by atoms with Crippen LogP contribution >= 0.6 is 22.6 Å². The zero-order chi connectivity index (χ0) is 10.1. The number of nitrogens with two attached hydrogens (primary N) is 1. The maximum Gasteiger partial charge on any atom is 0.150 e. The summed E-state index contributed by atoms with van der Waals surface area (Å²) in [5.74, 6) is -0.371. The number of nitrogen functional groups attached to an aromatic ring is 1. The van der Waals surface area contributed by atoms with Gasteiger partial charge in [-0.3, -0.25) is 0 Å². The molecule has 0 bridgehead atoms. The summed E-state index contributed by atoms with van der Waals surface area (Å²) in [5.41, 5.74) is 6.25. The molecule has 0 amide bonds. The lowest BCUT2D eigenvalue weighted by Gasteiger charge is -2.03. The topological polar surface area (TPSA) is 43.8 Å². The summed E-state index contributed by atoms with van der Waals surface area (Å²) in [4.78, 5) is 0. The van der Waals surface area contributed by atoms with Crippen molar-refractivity contribution >= 4 is 28.3 Å². The Morgan fingerprint density at radius 1 is 1.43 bits per heavy atom. The number of hydrogen-bond acceptors (Lipinski definition) is 2. The third-order valence-electron chi connectivity index (χ3n) is 1.77. The molecule has 0 saturated carbocycles. The molecule has 72 valence electrons. The molecule has 0 aliphatic rings. The maximum absolute atomic E-state index is 13.4. The van der Waals surface area contributed by atoms with Gasteiger partial charge in [0.2, 0.25) is 0 Å². The molecule has 0 spiro atoms. The summed E-state index contributed by atoms with van der Waals surface area (Å²) in [7, 11) is 0. The first kappa shape index (κ1) is 9.45. The molecule has 0 saturated heterocycles. The number of hydrogen-bond donors (Lipinski definition) is 1. The SMILES string of the molecule is Nc1ccc(-n2cc(I)cn2)c(F)c1. The van der Waals surface area contributed by atoms with Crippen LogP contribution in [0.25, 0.3) is 5.69 Å². The van der Waals surface area contributed by atoms with E-state index in [0.29, 0.717) is 11.4 Å². The molecule has 2 rings (SSSR count). The molecule has 0 radical (unpaired) electrons. The molecule has 1 heterocycles. The minimum absolute atomic E-state index is 0.371. The Labute approximate surface area is 93.9 Å². The number of nitrogens with zero attached hydrogens (tertiary/aromatic N) is 2. The first-order chi connectivity index (χ1) is 6.66. The van der Waals surface area contributed by atoms with Crippen molar-refractivity contribution in [1.82, 2.24) is 9.78 Å². The lowest BCUT2D eigenvalue weighted by Crippen LogP contribution is -1.98. The summed E-state index contributed by atoms with van der Waals surface area (Å²) in [5, 5.41) is 4.00. The molecule has 0 fully saturated rings. The maximum atomic E-state index is 13.4. The standard InChI is InChI=1S/C9H7FIN3/c10-8-3-7(12)1-2-9(8)14-5-6(11)4-13-14/h1-5H,12H2. The first-order valence-corrected chi connectivity index (χ1v) is 5.00. The average Bonchev–Trinajstić information content (AvgIpc) is 2.51. The molecule has 0 atom stereocenters. The van der Waals surface area contributed by atoms with Crippen LogP contribution in [0.4, 0.5) is 10.1 Å². The predicted octanol–water partition coefficient (Wildman–Crippen LogP) is 2.20. The van der Waals surface area contributed by atoms with E-state index in [1.807, 2.05) is 0 Å². The van der Waals surface area contributed by atoms with Crippen LogP contribution in [0.5, 0.6) is 0 Å². The lowest BCUT2D eigenvalue weighted by atomic mass is 10.3. The second-order valence-electron chi connectivity index (χ2n) is 2.81. The summed E-state index contributed by atoms with van der Waals surface area (Å²) < 4.78 is 15.8. The second kappa shape index (κ2) is 3.56. The number of rotatable bonds is 1. The Balaban J connectivity index is 2.52. The van der Waals surface area contributed by atoms with E-state index in [1.54, 1.807) is 24.5 Å². The number of benzene rings is 1. The Kier molecular flexibility index (Phi) is 2.40. The molecule has 2 aromatic rings. The van der Waals surface area contributed by atoms with Gasteiger partial charge in [-0.2, -0.15) is 5.10 Å². The van der Waals surface area contributed by atoms with Gasteiger partial charge in [-0.1, -0.05) is 0 Å². The van der Waals surface area contributed by atoms with Gasteiger partial charge in [0.15, 0.2) is 5.82 Å². The van der Waals surface area contributed by atoms with Gasteiger partial charge in [0.25, 0.3) is 0 Å². The highest BCUT2D eigenvalue weighted by molar-refractivity contribution is 14.1. The fourth-order valence-corrected chi connectivity index (χ4v) is 1.53. The van der Waals surface area contributed by atoms with E-state index >= 15 is 0 Å².